The molecular weight excluding hydrogens is 306 g/mol. The van der Waals surface area contributed by atoms with Gasteiger partial charge in [0.05, 0.1) is 19.8 Å². The summed E-state index contributed by atoms with van der Waals surface area (Å²) in [6.45, 7) is 3.15. The molecule has 1 aromatic heterocycles. The molecule has 0 saturated carbocycles. The molecule has 24 heavy (non-hydrogen) atoms. The lowest BCUT2D eigenvalue weighted by Crippen LogP contribution is -2.33. The van der Waals surface area contributed by atoms with E-state index in [2.05, 4.69) is 4.98 Å². The standard InChI is InChI=1S/C18H23N3O3/c1-4-21(10-7-13-5-8-20-9-6-13)18(22)14-11-16(23-2)17(24-3)12-15(14)19/h5-6,8-9,11-12H,4,7,10,19H2,1-3H3. The molecule has 1 amide bonds. The molecule has 0 saturated heterocycles. The molecule has 0 radical (unpaired) electrons. The van der Waals surface area contributed by atoms with Crippen LogP contribution in [0.5, 0.6) is 11.5 Å². The van der Waals surface area contributed by atoms with Crippen LogP contribution in [0.15, 0.2) is 36.7 Å². The normalized spacial score (nSPS) is 10.3. The van der Waals surface area contributed by atoms with Crippen LogP contribution >= 0.6 is 0 Å². The molecule has 6 heteroatoms. The number of benzene rings is 1. The summed E-state index contributed by atoms with van der Waals surface area (Å²) in [6.07, 6.45) is 4.26. The van der Waals surface area contributed by atoms with Gasteiger partial charge < -0.3 is 20.1 Å². The van der Waals surface area contributed by atoms with Gasteiger partial charge in [-0.05, 0) is 37.1 Å². The minimum atomic E-state index is -0.120. The number of likely N-dealkylation sites (N-methyl/N-ethyl adjacent to an activating group) is 1. The van der Waals surface area contributed by atoms with Crippen molar-refractivity contribution in [3.63, 3.8) is 0 Å². The molecular formula is C18H23N3O3. The summed E-state index contributed by atoms with van der Waals surface area (Å²) >= 11 is 0. The smallest absolute Gasteiger partial charge is 0.256 e. The molecule has 0 bridgehead atoms. The van der Waals surface area contributed by atoms with Crippen LogP contribution in [0.3, 0.4) is 0 Å². The molecule has 0 unspecified atom stereocenters. The van der Waals surface area contributed by atoms with Gasteiger partial charge in [0, 0.05) is 37.2 Å². The van der Waals surface area contributed by atoms with Crippen molar-refractivity contribution in [3.8, 4) is 11.5 Å². The van der Waals surface area contributed by atoms with Crippen LogP contribution in [0.4, 0.5) is 5.69 Å². The van der Waals surface area contributed by atoms with E-state index in [1.54, 1.807) is 29.4 Å². The maximum Gasteiger partial charge on any atom is 0.256 e. The number of amides is 1. The fourth-order valence-corrected chi connectivity index (χ4v) is 2.47. The molecule has 1 aromatic carbocycles. The lowest BCUT2D eigenvalue weighted by atomic mass is 10.1. The highest BCUT2D eigenvalue weighted by Crippen LogP contribution is 2.32. The second-order valence-electron chi connectivity index (χ2n) is 5.28. The lowest BCUT2D eigenvalue weighted by Gasteiger charge is -2.22. The first-order chi connectivity index (χ1) is 11.6. The van der Waals surface area contributed by atoms with Crippen LogP contribution in [0.25, 0.3) is 0 Å². The molecule has 128 valence electrons. The molecule has 0 spiro atoms. The van der Waals surface area contributed by atoms with E-state index in [-0.39, 0.29) is 5.91 Å². The number of hydrogen-bond acceptors (Lipinski definition) is 5. The van der Waals surface area contributed by atoms with Crippen LogP contribution < -0.4 is 15.2 Å². The average molecular weight is 329 g/mol. The maximum absolute atomic E-state index is 12.8. The number of aromatic nitrogens is 1. The van der Waals surface area contributed by atoms with E-state index in [0.29, 0.717) is 35.8 Å². The van der Waals surface area contributed by atoms with Crippen molar-refractivity contribution in [2.45, 2.75) is 13.3 Å². The Morgan fingerprint density at radius 1 is 1.17 bits per heavy atom. The summed E-state index contributed by atoms with van der Waals surface area (Å²) in [4.78, 5) is 18.6. The third-order valence-electron chi connectivity index (χ3n) is 3.87. The highest BCUT2D eigenvalue weighted by molar-refractivity contribution is 6.00. The molecule has 0 atom stereocenters. The zero-order valence-corrected chi connectivity index (χ0v) is 14.3. The van der Waals surface area contributed by atoms with E-state index in [0.717, 1.165) is 12.0 Å². The van der Waals surface area contributed by atoms with E-state index in [1.807, 2.05) is 19.1 Å². The summed E-state index contributed by atoms with van der Waals surface area (Å²) in [5.41, 5.74) is 7.96. The maximum atomic E-state index is 12.8. The van der Waals surface area contributed by atoms with Crippen molar-refractivity contribution in [2.75, 3.05) is 33.0 Å². The lowest BCUT2D eigenvalue weighted by molar-refractivity contribution is 0.0767. The molecule has 2 rings (SSSR count). The van der Waals surface area contributed by atoms with Gasteiger partial charge in [-0.1, -0.05) is 0 Å². The minimum absolute atomic E-state index is 0.120. The molecule has 2 N–H and O–H groups in total. The largest absolute Gasteiger partial charge is 0.493 e. The number of nitrogens with two attached hydrogens (primary N) is 1. The van der Waals surface area contributed by atoms with Gasteiger partial charge in [-0.2, -0.15) is 0 Å². The quantitative estimate of drug-likeness (QED) is 0.789. The van der Waals surface area contributed by atoms with Crippen molar-refractivity contribution >= 4 is 11.6 Å². The number of hydrogen-bond donors (Lipinski definition) is 1. The Bertz CT molecular complexity index is 689. The van der Waals surface area contributed by atoms with Crippen molar-refractivity contribution < 1.29 is 14.3 Å². The zero-order chi connectivity index (χ0) is 17.5. The number of carbonyl (C=O) groups is 1. The van der Waals surface area contributed by atoms with Gasteiger partial charge in [-0.25, -0.2) is 0 Å². The Kier molecular flexibility index (Phi) is 6.01. The number of pyridine rings is 1. The average Bonchev–Trinajstić information content (AvgIpc) is 2.62. The molecule has 6 nitrogen and oxygen atoms in total. The monoisotopic (exact) mass is 329 g/mol. The summed E-state index contributed by atoms with van der Waals surface area (Å²) in [5.74, 6) is 0.872. The van der Waals surface area contributed by atoms with Crippen LogP contribution in [-0.4, -0.2) is 43.1 Å². The van der Waals surface area contributed by atoms with Gasteiger partial charge in [0.25, 0.3) is 5.91 Å². The molecule has 0 aliphatic heterocycles. The predicted octanol–water partition coefficient (Wildman–Crippen LogP) is 2.39. The number of nitrogen functional groups attached to an aromatic ring is 1. The SMILES string of the molecule is CCN(CCc1ccncc1)C(=O)c1cc(OC)c(OC)cc1N. The number of methoxy groups -OCH3 is 2. The Morgan fingerprint density at radius 3 is 2.38 bits per heavy atom. The van der Waals surface area contributed by atoms with Gasteiger partial charge in [-0.15, -0.1) is 0 Å². The van der Waals surface area contributed by atoms with Crippen LogP contribution in [-0.2, 0) is 6.42 Å². The minimum Gasteiger partial charge on any atom is -0.493 e. The predicted molar refractivity (Wildman–Crippen MR) is 93.5 cm³/mol. The molecule has 0 aliphatic carbocycles. The number of carbonyl (C=O) groups excluding carboxylic acids is 1. The number of ether oxygens (including phenoxy) is 2. The van der Waals surface area contributed by atoms with Gasteiger partial charge >= 0.3 is 0 Å². The van der Waals surface area contributed by atoms with Gasteiger partial charge in [0.15, 0.2) is 11.5 Å². The molecule has 1 heterocycles. The summed E-state index contributed by atoms with van der Waals surface area (Å²) in [6, 6.07) is 7.14. The third kappa shape index (κ3) is 3.95. The van der Waals surface area contributed by atoms with E-state index in [4.69, 9.17) is 15.2 Å². The Balaban J connectivity index is 2.18. The Morgan fingerprint density at radius 2 is 1.79 bits per heavy atom. The van der Waals surface area contributed by atoms with Crippen molar-refractivity contribution in [1.82, 2.24) is 9.88 Å². The van der Waals surface area contributed by atoms with Crippen molar-refractivity contribution in [2.24, 2.45) is 0 Å². The first-order valence-corrected chi connectivity index (χ1v) is 7.80. The highest BCUT2D eigenvalue weighted by atomic mass is 16.5. The number of rotatable bonds is 7. The van der Waals surface area contributed by atoms with E-state index >= 15 is 0 Å². The van der Waals surface area contributed by atoms with Gasteiger partial charge in [0.1, 0.15) is 0 Å². The highest BCUT2D eigenvalue weighted by Gasteiger charge is 2.20. The summed E-state index contributed by atoms with van der Waals surface area (Å²) in [5, 5.41) is 0. The third-order valence-corrected chi connectivity index (χ3v) is 3.87. The first-order valence-electron chi connectivity index (χ1n) is 7.80. The van der Waals surface area contributed by atoms with E-state index < -0.39 is 0 Å². The van der Waals surface area contributed by atoms with Gasteiger partial charge in [-0.3, -0.25) is 9.78 Å². The molecule has 0 aliphatic rings. The number of anilines is 1. The van der Waals surface area contributed by atoms with Crippen LogP contribution in [0, 0.1) is 0 Å². The fourth-order valence-electron chi connectivity index (χ4n) is 2.47. The summed E-state index contributed by atoms with van der Waals surface area (Å²) in [7, 11) is 3.06. The fraction of sp³-hybridized carbons (Fsp3) is 0.333. The van der Waals surface area contributed by atoms with Crippen molar-refractivity contribution in [3.05, 3.63) is 47.8 Å². The topological polar surface area (TPSA) is 77.7 Å². The Hall–Kier alpha value is -2.76. The molecule has 0 fully saturated rings. The first kappa shape index (κ1) is 17.6. The van der Waals surface area contributed by atoms with E-state index in [1.165, 1.54) is 14.2 Å². The second kappa shape index (κ2) is 8.19. The van der Waals surface area contributed by atoms with Crippen LogP contribution in [0.2, 0.25) is 0 Å². The second-order valence-corrected chi connectivity index (χ2v) is 5.28. The number of nitrogens with zero attached hydrogens (tertiary/aromatic N) is 2. The van der Waals surface area contributed by atoms with E-state index in [9.17, 15) is 4.79 Å². The Labute approximate surface area is 142 Å². The summed E-state index contributed by atoms with van der Waals surface area (Å²) < 4.78 is 10.5. The zero-order valence-electron chi connectivity index (χ0n) is 14.3. The van der Waals surface area contributed by atoms with Crippen LogP contribution in [0.1, 0.15) is 22.8 Å². The van der Waals surface area contributed by atoms with Gasteiger partial charge in [0.2, 0.25) is 0 Å². The van der Waals surface area contributed by atoms with Crippen molar-refractivity contribution in [1.29, 1.82) is 0 Å². The molecule has 2 aromatic rings.